The van der Waals surface area contributed by atoms with Gasteiger partial charge in [0.25, 0.3) is 5.91 Å². The maximum absolute atomic E-state index is 12.1. The van der Waals surface area contributed by atoms with Gasteiger partial charge < -0.3 is 15.4 Å². The molecular formula is C13H17N5O2. The average Bonchev–Trinajstić information content (AvgIpc) is 2.97. The van der Waals surface area contributed by atoms with Gasteiger partial charge in [-0.25, -0.2) is 4.98 Å². The van der Waals surface area contributed by atoms with Gasteiger partial charge in [-0.2, -0.15) is 5.10 Å². The lowest BCUT2D eigenvalue weighted by Gasteiger charge is -2.41. The lowest BCUT2D eigenvalue weighted by Crippen LogP contribution is -2.56. The summed E-state index contributed by atoms with van der Waals surface area (Å²) < 4.78 is 1.71. The lowest BCUT2D eigenvalue weighted by atomic mass is 9.83. The monoisotopic (exact) mass is 275 g/mol. The van der Waals surface area contributed by atoms with Crippen molar-refractivity contribution in [1.82, 2.24) is 25.1 Å². The van der Waals surface area contributed by atoms with Gasteiger partial charge in [-0.1, -0.05) is 0 Å². The number of hydrogen-bond acceptors (Lipinski definition) is 4. The van der Waals surface area contributed by atoms with E-state index in [-0.39, 0.29) is 18.0 Å². The van der Waals surface area contributed by atoms with E-state index in [1.807, 2.05) is 13.1 Å². The number of aryl methyl sites for hydroxylation is 2. The van der Waals surface area contributed by atoms with E-state index in [0.717, 1.165) is 5.56 Å². The molecule has 0 bridgehead atoms. The Morgan fingerprint density at radius 3 is 2.85 bits per heavy atom. The number of amides is 1. The first-order valence-corrected chi connectivity index (χ1v) is 6.56. The van der Waals surface area contributed by atoms with Crippen LogP contribution in [0.25, 0.3) is 0 Å². The van der Waals surface area contributed by atoms with Crippen molar-refractivity contribution in [2.75, 3.05) is 0 Å². The zero-order valence-corrected chi connectivity index (χ0v) is 11.4. The molecule has 0 unspecified atom stereocenters. The van der Waals surface area contributed by atoms with Crippen LogP contribution in [0.3, 0.4) is 0 Å². The number of aliphatic hydroxyl groups excluding tert-OH is 1. The molecule has 0 radical (unpaired) electrons. The first kappa shape index (κ1) is 12.9. The molecule has 3 atom stereocenters. The number of nitrogens with zero attached hydrogens (tertiary/aromatic N) is 3. The van der Waals surface area contributed by atoms with Crippen molar-refractivity contribution in [2.24, 2.45) is 0 Å². The number of carbonyl (C=O) groups is 1. The molecule has 1 fully saturated rings. The van der Waals surface area contributed by atoms with Crippen molar-refractivity contribution in [1.29, 1.82) is 0 Å². The second-order valence-corrected chi connectivity index (χ2v) is 5.25. The summed E-state index contributed by atoms with van der Waals surface area (Å²) in [6.45, 7) is 3.73. The average molecular weight is 275 g/mol. The summed E-state index contributed by atoms with van der Waals surface area (Å²) in [6, 6.07) is -0.336. The Balaban J connectivity index is 1.70. The molecule has 106 valence electrons. The Labute approximate surface area is 116 Å². The topological polar surface area (TPSA) is 95.8 Å². The van der Waals surface area contributed by atoms with Crippen LogP contribution in [0.5, 0.6) is 0 Å². The number of rotatable bonds is 3. The molecule has 1 saturated carbocycles. The first-order valence-electron chi connectivity index (χ1n) is 6.56. The van der Waals surface area contributed by atoms with Gasteiger partial charge >= 0.3 is 0 Å². The largest absolute Gasteiger partial charge is 0.391 e. The summed E-state index contributed by atoms with van der Waals surface area (Å²) in [5, 5.41) is 17.0. The van der Waals surface area contributed by atoms with Gasteiger partial charge in [-0.05, 0) is 25.8 Å². The predicted molar refractivity (Wildman–Crippen MR) is 71.2 cm³/mol. The van der Waals surface area contributed by atoms with Crippen LogP contribution in [0.2, 0.25) is 0 Å². The van der Waals surface area contributed by atoms with Gasteiger partial charge in [0.15, 0.2) is 0 Å². The highest BCUT2D eigenvalue weighted by atomic mass is 16.3. The highest BCUT2D eigenvalue weighted by Crippen LogP contribution is 2.32. The summed E-state index contributed by atoms with van der Waals surface area (Å²) in [5.41, 5.74) is 1.46. The summed E-state index contributed by atoms with van der Waals surface area (Å²) in [5.74, 6) is 0.486. The van der Waals surface area contributed by atoms with Crippen molar-refractivity contribution < 1.29 is 9.90 Å². The van der Waals surface area contributed by atoms with E-state index in [1.165, 1.54) is 6.20 Å². The second kappa shape index (κ2) is 4.75. The van der Waals surface area contributed by atoms with Gasteiger partial charge in [0.05, 0.1) is 30.6 Å². The van der Waals surface area contributed by atoms with Crippen LogP contribution in [0.15, 0.2) is 18.6 Å². The molecule has 0 aliphatic heterocycles. The van der Waals surface area contributed by atoms with Crippen molar-refractivity contribution in [3.63, 3.8) is 0 Å². The van der Waals surface area contributed by atoms with Crippen molar-refractivity contribution >= 4 is 5.91 Å². The second-order valence-electron chi connectivity index (χ2n) is 5.25. The Morgan fingerprint density at radius 2 is 2.30 bits per heavy atom. The summed E-state index contributed by atoms with van der Waals surface area (Å²) in [6.07, 6.45) is 5.16. The molecule has 7 heteroatoms. The van der Waals surface area contributed by atoms with Crippen molar-refractivity contribution in [2.45, 2.75) is 38.5 Å². The molecule has 1 aliphatic rings. The molecule has 0 saturated heterocycles. The van der Waals surface area contributed by atoms with Gasteiger partial charge in [0.1, 0.15) is 11.5 Å². The Kier molecular flexibility index (Phi) is 3.06. The van der Waals surface area contributed by atoms with Crippen LogP contribution in [0.4, 0.5) is 0 Å². The van der Waals surface area contributed by atoms with E-state index < -0.39 is 6.10 Å². The van der Waals surface area contributed by atoms with Crippen molar-refractivity contribution in [3.05, 3.63) is 35.7 Å². The zero-order valence-electron chi connectivity index (χ0n) is 11.4. The number of nitrogens with one attached hydrogen (secondary N) is 2. The molecule has 0 spiro atoms. The highest BCUT2D eigenvalue weighted by Gasteiger charge is 2.42. The third kappa shape index (κ3) is 2.20. The van der Waals surface area contributed by atoms with E-state index in [4.69, 9.17) is 0 Å². The molecule has 3 rings (SSSR count). The number of aliphatic hydroxyl groups is 1. The highest BCUT2D eigenvalue weighted by molar-refractivity contribution is 5.92. The standard InChI is InChI=1S/C13H17N5O2/c1-7-4-15-18(6-7)12-9(3-11(12)19)17-13(20)10-5-14-8(2)16-10/h4-6,9,11-12,19H,3H2,1-2H3,(H,14,16)(H,17,20)/t9-,11+,12+/m0/s1. The fourth-order valence-corrected chi connectivity index (χ4v) is 2.49. The number of carbonyl (C=O) groups excluding carboxylic acids is 1. The SMILES string of the molecule is Cc1cnn([C@H]2[C@H](O)C[C@@H]2NC(=O)c2cnc(C)[nH]2)c1. The van der Waals surface area contributed by atoms with E-state index in [2.05, 4.69) is 20.4 Å². The molecule has 1 aliphatic carbocycles. The smallest absolute Gasteiger partial charge is 0.269 e. The van der Waals surface area contributed by atoms with Gasteiger partial charge in [0, 0.05) is 6.20 Å². The molecule has 20 heavy (non-hydrogen) atoms. The lowest BCUT2D eigenvalue weighted by molar-refractivity contribution is -0.00596. The maximum atomic E-state index is 12.1. The summed E-state index contributed by atoms with van der Waals surface area (Å²) in [7, 11) is 0. The fourth-order valence-electron chi connectivity index (χ4n) is 2.49. The van der Waals surface area contributed by atoms with Crippen LogP contribution >= 0.6 is 0 Å². The van der Waals surface area contributed by atoms with Crippen molar-refractivity contribution in [3.8, 4) is 0 Å². The van der Waals surface area contributed by atoms with E-state index in [0.29, 0.717) is 17.9 Å². The molecule has 1 amide bonds. The summed E-state index contributed by atoms with van der Waals surface area (Å²) >= 11 is 0. The van der Waals surface area contributed by atoms with E-state index >= 15 is 0 Å². The number of aromatic nitrogens is 4. The van der Waals surface area contributed by atoms with Gasteiger partial charge in [0.2, 0.25) is 0 Å². The predicted octanol–water partition coefficient (Wildman–Crippen LogP) is 0.327. The molecular weight excluding hydrogens is 258 g/mol. The molecule has 2 aromatic rings. The molecule has 2 heterocycles. The Bertz CT molecular complexity index is 632. The summed E-state index contributed by atoms with van der Waals surface area (Å²) in [4.78, 5) is 18.9. The van der Waals surface area contributed by atoms with Crippen LogP contribution < -0.4 is 5.32 Å². The van der Waals surface area contributed by atoms with Gasteiger partial charge in [-0.3, -0.25) is 9.48 Å². The molecule has 2 aromatic heterocycles. The number of H-pyrrole nitrogens is 1. The van der Waals surface area contributed by atoms with Crippen LogP contribution in [-0.2, 0) is 0 Å². The maximum Gasteiger partial charge on any atom is 0.269 e. The Hall–Kier alpha value is -2.15. The minimum atomic E-state index is -0.483. The van der Waals surface area contributed by atoms with Crippen LogP contribution in [0, 0.1) is 13.8 Å². The van der Waals surface area contributed by atoms with Gasteiger partial charge in [-0.15, -0.1) is 0 Å². The minimum Gasteiger partial charge on any atom is -0.391 e. The van der Waals surface area contributed by atoms with E-state index in [1.54, 1.807) is 17.8 Å². The number of hydrogen-bond donors (Lipinski definition) is 3. The number of imidazole rings is 1. The zero-order chi connectivity index (χ0) is 14.3. The molecule has 0 aromatic carbocycles. The quantitative estimate of drug-likeness (QED) is 0.752. The third-order valence-electron chi connectivity index (χ3n) is 3.60. The number of aromatic amines is 1. The minimum absolute atomic E-state index is 0.125. The fraction of sp³-hybridized carbons (Fsp3) is 0.462. The van der Waals surface area contributed by atoms with Crippen LogP contribution in [0.1, 0.15) is 34.3 Å². The molecule has 3 N–H and O–H groups in total. The first-order chi connectivity index (χ1) is 9.54. The van der Waals surface area contributed by atoms with E-state index in [9.17, 15) is 9.90 Å². The Morgan fingerprint density at radius 1 is 1.50 bits per heavy atom. The normalized spacial score (nSPS) is 25.2. The molecule has 7 nitrogen and oxygen atoms in total. The van der Waals surface area contributed by atoms with Crippen LogP contribution in [-0.4, -0.2) is 42.9 Å². The third-order valence-corrected chi connectivity index (χ3v) is 3.60.